The molecule has 3 heterocycles. The van der Waals surface area contributed by atoms with Gasteiger partial charge in [-0.25, -0.2) is 8.42 Å². The van der Waals surface area contributed by atoms with E-state index < -0.39 is 9.84 Å². The van der Waals surface area contributed by atoms with Gasteiger partial charge in [0.2, 0.25) is 0 Å². The third kappa shape index (κ3) is 6.60. The average Bonchev–Trinajstić information content (AvgIpc) is 3.21. The van der Waals surface area contributed by atoms with Crippen LogP contribution in [0.1, 0.15) is 30.9 Å². The summed E-state index contributed by atoms with van der Waals surface area (Å²) < 4.78 is 34.8. The van der Waals surface area contributed by atoms with Crippen molar-refractivity contribution >= 4 is 39.8 Å². The number of nitrogens with one attached hydrogen (secondary N) is 2. The summed E-state index contributed by atoms with van der Waals surface area (Å²) in [7, 11) is -2.93. The van der Waals surface area contributed by atoms with Crippen LogP contribution in [0.25, 0.3) is 0 Å². The van der Waals surface area contributed by atoms with E-state index in [9.17, 15) is 8.42 Å². The Labute approximate surface area is 184 Å². The molecule has 2 fully saturated rings. The standard InChI is InChI=1S/C18H30N4O4S.HI/c1-3-19-18(21-15-6-11-27(23,24)13-15)20-12-16(17-5-4-14(2)26-17)22-7-9-25-10-8-22;/h4-5,15-16H,3,6-13H2,1-2H3,(H2,19,20,21);1H. The van der Waals surface area contributed by atoms with Crippen LogP contribution in [-0.4, -0.2) is 76.2 Å². The van der Waals surface area contributed by atoms with E-state index in [1.807, 2.05) is 26.0 Å². The van der Waals surface area contributed by atoms with Crippen molar-refractivity contribution in [1.29, 1.82) is 0 Å². The molecule has 0 radical (unpaired) electrons. The largest absolute Gasteiger partial charge is 0.465 e. The van der Waals surface area contributed by atoms with E-state index in [0.29, 0.717) is 38.7 Å². The van der Waals surface area contributed by atoms with E-state index in [0.717, 1.165) is 24.6 Å². The monoisotopic (exact) mass is 526 g/mol. The average molecular weight is 526 g/mol. The minimum Gasteiger partial charge on any atom is -0.465 e. The second-order valence-electron chi connectivity index (χ2n) is 7.08. The molecule has 0 spiro atoms. The van der Waals surface area contributed by atoms with Gasteiger partial charge >= 0.3 is 0 Å². The Balaban J connectivity index is 0.00000280. The minimum absolute atomic E-state index is 0. The fourth-order valence-corrected chi connectivity index (χ4v) is 5.18. The highest BCUT2D eigenvalue weighted by atomic mass is 127. The molecular weight excluding hydrogens is 495 g/mol. The van der Waals surface area contributed by atoms with Gasteiger partial charge in [-0.3, -0.25) is 9.89 Å². The number of guanidine groups is 1. The number of ether oxygens (including phenoxy) is 1. The first-order valence-electron chi connectivity index (χ1n) is 9.60. The van der Waals surface area contributed by atoms with Crippen molar-refractivity contribution in [3.63, 3.8) is 0 Å². The molecule has 2 aliphatic heterocycles. The van der Waals surface area contributed by atoms with Crippen molar-refractivity contribution in [2.75, 3.05) is 50.9 Å². The van der Waals surface area contributed by atoms with Crippen molar-refractivity contribution in [1.82, 2.24) is 15.5 Å². The van der Waals surface area contributed by atoms with Crippen molar-refractivity contribution in [3.05, 3.63) is 23.7 Å². The zero-order chi connectivity index (χ0) is 19.3. The van der Waals surface area contributed by atoms with Crippen molar-refractivity contribution in [2.24, 2.45) is 4.99 Å². The van der Waals surface area contributed by atoms with Crippen LogP contribution in [0.5, 0.6) is 0 Å². The maximum absolute atomic E-state index is 11.7. The molecule has 2 saturated heterocycles. The number of furan rings is 1. The Morgan fingerprint density at radius 1 is 1.36 bits per heavy atom. The zero-order valence-electron chi connectivity index (χ0n) is 16.5. The van der Waals surface area contributed by atoms with E-state index in [-0.39, 0.29) is 47.6 Å². The molecule has 0 bridgehead atoms. The summed E-state index contributed by atoms with van der Waals surface area (Å²) in [5, 5.41) is 6.50. The molecule has 0 amide bonds. The molecule has 2 N–H and O–H groups in total. The molecule has 2 aliphatic rings. The lowest BCUT2D eigenvalue weighted by molar-refractivity contribution is 0.0135. The lowest BCUT2D eigenvalue weighted by atomic mass is 10.1. The molecule has 8 nitrogen and oxygen atoms in total. The summed E-state index contributed by atoms with van der Waals surface area (Å²) >= 11 is 0. The second kappa shape index (κ2) is 10.8. The first-order valence-corrected chi connectivity index (χ1v) is 11.4. The maximum Gasteiger partial charge on any atom is 0.191 e. The zero-order valence-corrected chi connectivity index (χ0v) is 19.7. The molecule has 3 rings (SSSR count). The van der Waals surface area contributed by atoms with Gasteiger partial charge < -0.3 is 19.8 Å². The van der Waals surface area contributed by atoms with Gasteiger partial charge in [0.25, 0.3) is 0 Å². The maximum atomic E-state index is 11.7. The van der Waals surface area contributed by atoms with Crippen molar-refractivity contribution in [3.8, 4) is 0 Å². The van der Waals surface area contributed by atoms with Crippen LogP contribution in [-0.2, 0) is 14.6 Å². The Morgan fingerprint density at radius 2 is 2.11 bits per heavy atom. The lowest BCUT2D eigenvalue weighted by Crippen LogP contribution is -2.45. The summed E-state index contributed by atoms with van der Waals surface area (Å²) in [4.78, 5) is 7.07. The van der Waals surface area contributed by atoms with Gasteiger partial charge in [-0.15, -0.1) is 24.0 Å². The number of nitrogens with zero attached hydrogens (tertiary/aromatic N) is 2. The van der Waals surface area contributed by atoms with Gasteiger partial charge in [0.05, 0.1) is 37.3 Å². The summed E-state index contributed by atoms with van der Waals surface area (Å²) in [6.07, 6.45) is 0.622. The molecule has 0 saturated carbocycles. The Hall–Kier alpha value is -0.850. The van der Waals surface area contributed by atoms with E-state index in [4.69, 9.17) is 14.1 Å². The molecule has 10 heteroatoms. The van der Waals surface area contributed by atoms with Gasteiger partial charge in [0.15, 0.2) is 15.8 Å². The molecular formula is C18H31IN4O4S. The van der Waals surface area contributed by atoms with E-state index in [1.165, 1.54) is 0 Å². The molecule has 1 aromatic rings. The summed E-state index contributed by atoms with van der Waals surface area (Å²) in [5.74, 6) is 2.85. The molecule has 0 aliphatic carbocycles. The van der Waals surface area contributed by atoms with E-state index in [1.54, 1.807) is 0 Å². The smallest absolute Gasteiger partial charge is 0.191 e. The predicted molar refractivity (Wildman–Crippen MR) is 120 cm³/mol. The first-order chi connectivity index (χ1) is 13.0. The molecule has 2 atom stereocenters. The van der Waals surface area contributed by atoms with Crippen LogP contribution in [0.4, 0.5) is 0 Å². The Morgan fingerprint density at radius 3 is 2.68 bits per heavy atom. The molecule has 1 aromatic heterocycles. The van der Waals surface area contributed by atoms with Crippen LogP contribution in [0.15, 0.2) is 21.5 Å². The van der Waals surface area contributed by atoms with E-state index in [2.05, 4.69) is 15.5 Å². The molecule has 28 heavy (non-hydrogen) atoms. The van der Waals surface area contributed by atoms with Crippen LogP contribution < -0.4 is 10.6 Å². The highest BCUT2D eigenvalue weighted by molar-refractivity contribution is 14.0. The highest BCUT2D eigenvalue weighted by Gasteiger charge is 2.29. The van der Waals surface area contributed by atoms with Gasteiger partial charge in [0, 0.05) is 25.7 Å². The second-order valence-corrected chi connectivity index (χ2v) is 9.31. The third-order valence-corrected chi connectivity index (χ3v) is 6.68. The fraction of sp³-hybridized carbons (Fsp3) is 0.722. The van der Waals surface area contributed by atoms with Crippen LogP contribution >= 0.6 is 24.0 Å². The summed E-state index contributed by atoms with van der Waals surface area (Å²) in [5.41, 5.74) is 0. The number of sulfone groups is 1. The van der Waals surface area contributed by atoms with Crippen molar-refractivity contribution < 1.29 is 17.6 Å². The number of hydrogen-bond acceptors (Lipinski definition) is 6. The summed E-state index contributed by atoms with van der Waals surface area (Å²) in [6, 6.07) is 3.93. The summed E-state index contributed by atoms with van der Waals surface area (Å²) in [6.45, 7) is 8.27. The number of hydrogen-bond donors (Lipinski definition) is 2. The molecule has 0 aromatic carbocycles. The number of halogens is 1. The SMILES string of the molecule is CCNC(=NCC(c1ccc(C)o1)N1CCOCC1)NC1CCS(=O)(=O)C1.I. The number of rotatable bonds is 6. The lowest BCUT2D eigenvalue weighted by Gasteiger charge is -2.32. The minimum atomic E-state index is -2.93. The van der Waals surface area contributed by atoms with Gasteiger partial charge in [-0.2, -0.15) is 0 Å². The van der Waals surface area contributed by atoms with Crippen LogP contribution in [0.2, 0.25) is 0 Å². The molecule has 160 valence electrons. The van der Waals surface area contributed by atoms with Gasteiger partial charge in [-0.1, -0.05) is 0 Å². The third-order valence-electron chi connectivity index (χ3n) is 4.92. The number of aliphatic imine (C=N–C) groups is 1. The highest BCUT2D eigenvalue weighted by Crippen LogP contribution is 2.24. The van der Waals surface area contributed by atoms with Gasteiger partial charge in [0.1, 0.15) is 11.5 Å². The Bertz CT molecular complexity index is 747. The number of aryl methyl sites for hydroxylation is 1. The molecule has 2 unspecified atom stereocenters. The van der Waals surface area contributed by atoms with Crippen LogP contribution in [0.3, 0.4) is 0 Å². The Kier molecular flexibility index (Phi) is 9.03. The number of morpholine rings is 1. The topological polar surface area (TPSA) is 96.2 Å². The van der Waals surface area contributed by atoms with Gasteiger partial charge in [-0.05, 0) is 32.4 Å². The quantitative estimate of drug-likeness (QED) is 0.328. The fourth-order valence-electron chi connectivity index (χ4n) is 3.51. The van der Waals surface area contributed by atoms with Crippen LogP contribution in [0, 0.1) is 6.92 Å². The predicted octanol–water partition coefficient (Wildman–Crippen LogP) is 1.32. The first kappa shape index (κ1) is 23.4. The normalized spacial score (nSPS) is 23.8. The van der Waals surface area contributed by atoms with E-state index >= 15 is 0 Å². The van der Waals surface area contributed by atoms with Crippen molar-refractivity contribution in [2.45, 2.75) is 32.4 Å².